The minimum atomic E-state index is -4.51. The molecule has 0 aromatic heterocycles. The van der Waals surface area contributed by atoms with Crippen molar-refractivity contribution >= 4 is 17.6 Å². The quantitative estimate of drug-likeness (QED) is 0.567. The van der Waals surface area contributed by atoms with E-state index < -0.39 is 30.7 Å². The molecule has 0 spiro atoms. The van der Waals surface area contributed by atoms with Crippen LogP contribution in [0.4, 0.5) is 23.7 Å². The third kappa shape index (κ3) is 7.46. The van der Waals surface area contributed by atoms with Crippen molar-refractivity contribution in [2.75, 3.05) is 18.5 Å². The minimum Gasteiger partial charge on any atom is -0.394 e. The van der Waals surface area contributed by atoms with E-state index in [1.165, 1.54) is 18.2 Å². The van der Waals surface area contributed by atoms with Gasteiger partial charge in [0, 0.05) is 11.3 Å². The van der Waals surface area contributed by atoms with Gasteiger partial charge in [0.2, 0.25) is 0 Å². The van der Waals surface area contributed by atoms with Crippen LogP contribution in [0.1, 0.15) is 21.5 Å². The second-order valence-corrected chi connectivity index (χ2v) is 6.50. The van der Waals surface area contributed by atoms with Gasteiger partial charge in [-0.05, 0) is 36.6 Å². The standard InChI is InChI=1S/C20H22F3N3O3/c1-13-7-8-15(18(28)24-12-20(21,22)23)10-17(13)26-19(29)25-16(11-27)9-14-5-3-2-4-6-14/h2-8,10,16,27H,9,11-12H2,1H3,(H,24,28)(H2,25,26,29). The van der Waals surface area contributed by atoms with Crippen molar-refractivity contribution in [3.05, 3.63) is 65.2 Å². The molecule has 0 aliphatic rings. The Morgan fingerprint density at radius 2 is 1.79 bits per heavy atom. The minimum absolute atomic E-state index is 0.0156. The number of hydrogen-bond donors (Lipinski definition) is 4. The number of aliphatic hydroxyl groups excluding tert-OH is 1. The van der Waals surface area contributed by atoms with Gasteiger partial charge in [-0.1, -0.05) is 36.4 Å². The van der Waals surface area contributed by atoms with E-state index in [4.69, 9.17) is 0 Å². The van der Waals surface area contributed by atoms with Gasteiger partial charge < -0.3 is 21.1 Å². The summed E-state index contributed by atoms with van der Waals surface area (Å²) in [6, 6.07) is 12.4. The average molecular weight is 409 g/mol. The molecule has 0 aliphatic carbocycles. The van der Waals surface area contributed by atoms with Gasteiger partial charge in [0.05, 0.1) is 12.6 Å². The molecule has 156 valence electrons. The highest BCUT2D eigenvalue weighted by Crippen LogP contribution is 2.18. The number of hydrogen-bond acceptors (Lipinski definition) is 3. The van der Waals surface area contributed by atoms with Gasteiger partial charge >= 0.3 is 12.2 Å². The molecule has 6 nitrogen and oxygen atoms in total. The van der Waals surface area contributed by atoms with E-state index in [1.807, 2.05) is 30.3 Å². The highest BCUT2D eigenvalue weighted by molar-refractivity contribution is 5.97. The molecule has 0 saturated carbocycles. The number of carbonyl (C=O) groups is 2. The fraction of sp³-hybridized carbons (Fsp3) is 0.300. The molecule has 2 aromatic rings. The first kappa shape index (κ1) is 22.2. The highest BCUT2D eigenvalue weighted by atomic mass is 19.4. The number of benzene rings is 2. The summed E-state index contributed by atoms with van der Waals surface area (Å²) in [5, 5.41) is 16.5. The van der Waals surface area contributed by atoms with Crippen molar-refractivity contribution in [3.63, 3.8) is 0 Å². The number of rotatable bonds is 7. The van der Waals surface area contributed by atoms with Gasteiger partial charge in [0.25, 0.3) is 5.91 Å². The Morgan fingerprint density at radius 1 is 1.10 bits per heavy atom. The summed E-state index contributed by atoms with van der Waals surface area (Å²) in [6.45, 7) is -0.0394. The number of amides is 3. The maximum Gasteiger partial charge on any atom is 0.405 e. The number of anilines is 1. The van der Waals surface area contributed by atoms with Crippen LogP contribution in [0.3, 0.4) is 0 Å². The molecule has 0 aliphatic heterocycles. The molecule has 3 amide bonds. The molecule has 1 atom stereocenters. The van der Waals surface area contributed by atoms with Crippen molar-refractivity contribution in [1.29, 1.82) is 0 Å². The van der Waals surface area contributed by atoms with Gasteiger partial charge in [-0.15, -0.1) is 0 Å². The topological polar surface area (TPSA) is 90.5 Å². The third-order valence-electron chi connectivity index (χ3n) is 4.08. The fourth-order valence-electron chi connectivity index (χ4n) is 2.58. The molecule has 0 saturated heterocycles. The van der Waals surface area contributed by atoms with E-state index in [1.54, 1.807) is 12.2 Å². The maximum absolute atomic E-state index is 12.3. The molecular formula is C20H22F3N3O3. The average Bonchev–Trinajstić information content (AvgIpc) is 2.67. The molecule has 4 N–H and O–H groups in total. The first-order valence-corrected chi connectivity index (χ1v) is 8.86. The van der Waals surface area contributed by atoms with Crippen molar-refractivity contribution in [2.24, 2.45) is 0 Å². The van der Waals surface area contributed by atoms with E-state index >= 15 is 0 Å². The summed E-state index contributed by atoms with van der Waals surface area (Å²) < 4.78 is 36.8. The summed E-state index contributed by atoms with van der Waals surface area (Å²) in [7, 11) is 0. The summed E-state index contributed by atoms with van der Waals surface area (Å²) in [5.74, 6) is -0.900. The smallest absolute Gasteiger partial charge is 0.394 e. The summed E-state index contributed by atoms with van der Waals surface area (Å²) >= 11 is 0. The van der Waals surface area contributed by atoms with Gasteiger partial charge in [0.1, 0.15) is 6.54 Å². The number of urea groups is 1. The molecule has 0 radical (unpaired) electrons. The van der Waals surface area contributed by atoms with Gasteiger partial charge in [-0.2, -0.15) is 13.2 Å². The zero-order valence-corrected chi connectivity index (χ0v) is 15.7. The number of alkyl halides is 3. The van der Waals surface area contributed by atoms with Crippen LogP contribution in [0.5, 0.6) is 0 Å². The Labute approximate surface area is 166 Å². The van der Waals surface area contributed by atoms with Crippen molar-refractivity contribution in [3.8, 4) is 0 Å². The van der Waals surface area contributed by atoms with Gasteiger partial charge in [0.15, 0.2) is 0 Å². The predicted octanol–water partition coefficient (Wildman–Crippen LogP) is 3.01. The Morgan fingerprint density at radius 3 is 2.41 bits per heavy atom. The fourth-order valence-corrected chi connectivity index (χ4v) is 2.58. The number of halogens is 3. The van der Waals surface area contributed by atoms with Crippen LogP contribution in [0.15, 0.2) is 48.5 Å². The zero-order chi connectivity index (χ0) is 21.4. The van der Waals surface area contributed by atoms with E-state index in [2.05, 4.69) is 10.6 Å². The molecule has 9 heteroatoms. The van der Waals surface area contributed by atoms with Gasteiger partial charge in [-0.25, -0.2) is 4.79 Å². The van der Waals surface area contributed by atoms with E-state index in [0.29, 0.717) is 12.0 Å². The van der Waals surface area contributed by atoms with E-state index in [9.17, 15) is 27.9 Å². The van der Waals surface area contributed by atoms with Crippen LogP contribution < -0.4 is 16.0 Å². The van der Waals surface area contributed by atoms with Crippen molar-refractivity contribution < 1.29 is 27.9 Å². The highest BCUT2D eigenvalue weighted by Gasteiger charge is 2.28. The first-order chi connectivity index (χ1) is 13.7. The maximum atomic E-state index is 12.3. The molecule has 0 heterocycles. The molecule has 0 fully saturated rings. The predicted molar refractivity (Wildman–Crippen MR) is 103 cm³/mol. The van der Waals surface area contributed by atoms with Crippen LogP contribution in [-0.4, -0.2) is 42.4 Å². The van der Waals surface area contributed by atoms with Crippen LogP contribution >= 0.6 is 0 Å². The molecule has 2 aromatic carbocycles. The lowest BCUT2D eigenvalue weighted by molar-refractivity contribution is -0.123. The lowest BCUT2D eigenvalue weighted by Gasteiger charge is -2.18. The van der Waals surface area contributed by atoms with Crippen LogP contribution in [0.2, 0.25) is 0 Å². The number of nitrogens with one attached hydrogen (secondary N) is 3. The Kier molecular flexibility index (Phi) is 7.60. The van der Waals surface area contributed by atoms with E-state index in [-0.39, 0.29) is 17.9 Å². The SMILES string of the molecule is Cc1ccc(C(=O)NCC(F)(F)F)cc1NC(=O)NC(CO)Cc1ccccc1. The van der Waals surface area contributed by atoms with Crippen LogP contribution in [-0.2, 0) is 6.42 Å². The molecule has 2 rings (SSSR count). The largest absolute Gasteiger partial charge is 0.405 e. The summed E-state index contributed by atoms with van der Waals surface area (Å²) in [4.78, 5) is 24.2. The second-order valence-electron chi connectivity index (χ2n) is 6.50. The Balaban J connectivity index is 2.00. The third-order valence-corrected chi connectivity index (χ3v) is 4.08. The molecular weight excluding hydrogens is 387 g/mol. The number of aliphatic hydroxyl groups is 1. The monoisotopic (exact) mass is 409 g/mol. The van der Waals surface area contributed by atoms with Crippen molar-refractivity contribution in [2.45, 2.75) is 25.6 Å². The lowest BCUT2D eigenvalue weighted by Crippen LogP contribution is -2.41. The van der Waals surface area contributed by atoms with Crippen molar-refractivity contribution in [1.82, 2.24) is 10.6 Å². The van der Waals surface area contributed by atoms with E-state index in [0.717, 1.165) is 5.56 Å². The first-order valence-electron chi connectivity index (χ1n) is 8.86. The number of aryl methyl sites for hydroxylation is 1. The summed E-state index contributed by atoms with van der Waals surface area (Å²) in [5.41, 5.74) is 1.82. The zero-order valence-electron chi connectivity index (χ0n) is 15.7. The second kappa shape index (κ2) is 9.92. The molecule has 0 bridgehead atoms. The number of carbonyl (C=O) groups excluding carboxylic acids is 2. The normalized spacial score (nSPS) is 12.2. The lowest BCUT2D eigenvalue weighted by atomic mass is 10.1. The van der Waals surface area contributed by atoms with Gasteiger partial charge in [-0.3, -0.25) is 4.79 Å². The Hall–Kier alpha value is -3.07. The molecule has 29 heavy (non-hydrogen) atoms. The van der Waals surface area contributed by atoms with Crippen LogP contribution in [0, 0.1) is 6.92 Å². The Bertz CT molecular complexity index is 842. The summed E-state index contributed by atoms with van der Waals surface area (Å²) in [6.07, 6.45) is -4.09. The van der Waals surface area contributed by atoms with Crippen LogP contribution in [0.25, 0.3) is 0 Å². The molecule has 1 unspecified atom stereocenters.